The van der Waals surface area contributed by atoms with Gasteiger partial charge in [0.2, 0.25) is 0 Å². The molecule has 0 saturated carbocycles. The van der Waals surface area contributed by atoms with Crippen molar-refractivity contribution < 1.29 is 0 Å². The number of fused-ring (bicyclic) bond motifs is 1. The minimum Gasteiger partial charge on any atom is -0.342 e. The fraction of sp³-hybridized carbons (Fsp3) is 0.462. The zero-order valence-electron chi connectivity index (χ0n) is 9.66. The van der Waals surface area contributed by atoms with Crippen molar-refractivity contribution in [1.29, 1.82) is 0 Å². The summed E-state index contributed by atoms with van der Waals surface area (Å²) in [6.45, 7) is 5.58. The van der Waals surface area contributed by atoms with Gasteiger partial charge in [0.05, 0.1) is 11.0 Å². The van der Waals surface area contributed by atoms with Crippen molar-refractivity contribution in [3.05, 3.63) is 29.6 Å². The Kier molecular flexibility index (Phi) is 2.40. The molecule has 1 aliphatic rings. The minimum atomic E-state index is 0.994. The van der Waals surface area contributed by atoms with E-state index in [4.69, 9.17) is 0 Å². The van der Waals surface area contributed by atoms with Gasteiger partial charge in [-0.15, -0.1) is 0 Å². The Bertz CT molecular complexity index is 495. The first kappa shape index (κ1) is 9.85. The van der Waals surface area contributed by atoms with Crippen LogP contribution in [0.4, 0.5) is 0 Å². The second-order valence-electron chi connectivity index (χ2n) is 4.66. The Labute approximate surface area is 95.5 Å². The van der Waals surface area contributed by atoms with Gasteiger partial charge in [0.25, 0.3) is 0 Å². The van der Waals surface area contributed by atoms with Crippen LogP contribution in [0.25, 0.3) is 11.0 Å². The molecular weight excluding hydrogens is 198 g/mol. The number of H-pyrrole nitrogens is 1. The van der Waals surface area contributed by atoms with Gasteiger partial charge in [-0.2, -0.15) is 0 Å². The average Bonchev–Trinajstić information content (AvgIpc) is 2.85. The SMILES string of the molecule is Cc1nc2ccc(CN3CCCC3)cc2[nH]1. The first-order valence-corrected chi connectivity index (χ1v) is 5.99. The van der Waals surface area contributed by atoms with Crippen LogP contribution in [-0.4, -0.2) is 28.0 Å². The molecule has 0 radical (unpaired) electrons. The van der Waals surface area contributed by atoms with Gasteiger partial charge in [0, 0.05) is 6.54 Å². The normalized spacial score (nSPS) is 17.3. The van der Waals surface area contributed by atoms with Crippen LogP contribution in [0.5, 0.6) is 0 Å². The van der Waals surface area contributed by atoms with Crippen molar-refractivity contribution >= 4 is 11.0 Å². The third kappa shape index (κ3) is 1.83. The topological polar surface area (TPSA) is 31.9 Å². The lowest BCUT2D eigenvalue weighted by Gasteiger charge is -2.14. The van der Waals surface area contributed by atoms with E-state index in [1.165, 1.54) is 31.5 Å². The number of aryl methyl sites for hydroxylation is 1. The second-order valence-corrected chi connectivity index (χ2v) is 4.66. The highest BCUT2D eigenvalue weighted by Crippen LogP contribution is 2.17. The van der Waals surface area contributed by atoms with Gasteiger partial charge < -0.3 is 4.98 Å². The van der Waals surface area contributed by atoms with Crippen molar-refractivity contribution in [3.63, 3.8) is 0 Å². The van der Waals surface area contributed by atoms with Crippen LogP contribution in [0.1, 0.15) is 24.2 Å². The molecule has 1 aliphatic heterocycles. The largest absolute Gasteiger partial charge is 0.342 e. The van der Waals surface area contributed by atoms with Gasteiger partial charge in [-0.1, -0.05) is 6.07 Å². The van der Waals surface area contributed by atoms with E-state index in [0.717, 1.165) is 23.4 Å². The Morgan fingerprint density at radius 2 is 2.12 bits per heavy atom. The quantitative estimate of drug-likeness (QED) is 0.834. The van der Waals surface area contributed by atoms with Crippen molar-refractivity contribution in [2.24, 2.45) is 0 Å². The van der Waals surface area contributed by atoms with Crippen LogP contribution in [0.15, 0.2) is 18.2 Å². The average molecular weight is 215 g/mol. The second kappa shape index (κ2) is 3.91. The summed E-state index contributed by atoms with van der Waals surface area (Å²) in [5, 5.41) is 0. The Hall–Kier alpha value is -1.35. The third-order valence-electron chi connectivity index (χ3n) is 3.27. The summed E-state index contributed by atoms with van der Waals surface area (Å²) in [5.41, 5.74) is 3.62. The number of rotatable bonds is 2. The number of likely N-dealkylation sites (tertiary alicyclic amines) is 1. The molecule has 1 aromatic heterocycles. The molecule has 1 N–H and O–H groups in total. The number of hydrogen-bond acceptors (Lipinski definition) is 2. The van der Waals surface area contributed by atoms with Crippen molar-refractivity contribution in [2.45, 2.75) is 26.3 Å². The maximum absolute atomic E-state index is 4.42. The standard InChI is InChI=1S/C13H17N3/c1-10-14-12-5-4-11(8-13(12)15-10)9-16-6-2-3-7-16/h4-5,8H,2-3,6-7,9H2,1H3,(H,14,15). The number of aromatic nitrogens is 2. The van der Waals surface area contributed by atoms with Gasteiger partial charge in [-0.25, -0.2) is 4.98 Å². The molecule has 3 rings (SSSR count). The summed E-state index contributed by atoms with van der Waals surface area (Å²) in [7, 11) is 0. The number of benzene rings is 1. The molecule has 0 amide bonds. The molecule has 1 saturated heterocycles. The number of aromatic amines is 1. The molecule has 3 nitrogen and oxygen atoms in total. The van der Waals surface area contributed by atoms with Gasteiger partial charge in [-0.3, -0.25) is 4.90 Å². The monoisotopic (exact) mass is 215 g/mol. The van der Waals surface area contributed by atoms with Crippen LogP contribution < -0.4 is 0 Å². The Morgan fingerprint density at radius 1 is 1.31 bits per heavy atom. The van der Waals surface area contributed by atoms with Crippen LogP contribution in [0.3, 0.4) is 0 Å². The minimum absolute atomic E-state index is 0.994. The lowest BCUT2D eigenvalue weighted by atomic mass is 10.2. The molecule has 1 fully saturated rings. The molecule has 0 atom stereocenters. The smallest absolute Gasteiger partial charge is 0.104 e. The van der Waals surface area contributed by atoms with Crippen LogP contribution in [-0.2, 0) is 6.54 Å². The maximum atomic E-state index is 4.42. The summed E-state index contributed by atoms with van der Waals surface area (Å²) < 4.78 is 0. The molecule has 0 unspecified atom stereocenters. The van der Waals surface area contributed by atoms with Crippen molar-refractivity contribution in [3.8, 4) is 0 Å². The van der Waals surface area contributed by atoms with Crippen LogP contribution in [0.2, 0.25) is 0 Å². The zero-order chi connectivity index (χ0) is 11.0. The zero-order valence-corrected chi connectivity index (χ0v) is 9.66. The number of nitrogens with zero attached hydrogens (tertiary/aromatic N) is 2. The van der Waals surface area contributed by atoms with E-state index < -0.39 is 0 Å². The van der Waals surface area contributed by atoms with E-state index in [0.29, 0.717) is 0 Å². The Balaban J connectivity index is 1.86. The van der Waals surface area contributed by atoms with Gasteiger partial charge in [-0.05, 0) is 50.6 Å². The highest BCUT2D eigenvalue weighted by atomic mass is 15.1. The molecule has 3 heteroatoms. The van der Waals surface area contributed by atoms with E-state index in [9.17, 15) is 0 Å². The van der Waals surface area contributed by atoms with E-state index in [1.54, 1.807) is 0 Å². The predicted molar refractivity (Wildman–Crippen MR) is 65.3 cm³/mol. The number of nitrogens with one attached hydrogen (secondary N) is 1. The molecular formula is C13H17N3. The Morgan fingerprint density at radius 3 is 2.94 bits per heavy atom. The molecule has 1 aromatic carbocycles. The highest BCUT2D eigenvalue weighted by molar-refractivity contribution is 5.75. The van der Waals surface area contributed by atoms with Gasteiger partial charge in [0.15, 0.2) is 0 Å². The molecule has 2 heterocycles. The summed E-state index contributed by atoms with van der Waals surface area (Å²) in [5.74, 6) is 0.994. The third-order valence-corrected chi connectivity index (χ3v) is 3.27. The lowest BCUT2D eigenvalue weighted by Crippen LogP contribution is -2.18. The molecule has 84 valence electrons. The molecule has 0 bridgehead atoms. The number of imidazole rings is 1. The summed E-state index contributed by atoms with van der Waals surface area (Å²) in [6, 6.07) is 6.54. The first-order valence-electron chi connectivity index (χ1n) is 5.99. The summed E-state index contributed by atoms with van der Waals surface area (Å²) in [6.07, 6.45) is 2.71. The highest BCUT2D eigenvalue weighted by Gasteiger charge is 2.12. The molecule has 0 aliphatic carbocycles. The van der Waals surface area contributed by atoms with Crippen molar-refractivity contribution in [2.75, 3.05) is 13.1 Å². The first-order chi connectivity index (χ1) is 7.81. The van der Waals surface area contributed by atoms with E-state index in [-0.39, 0.29) is 0 Å². The fourth-order valence-corrected chi connectivity index (χ4v) is 2.48. The predicted octanol–water partition coefficient (Wildman–Crippen LogP) is 2.47. The van der Waals surface area contributed by atoms with E-state index in [2.05, 4.69) is 33.1 Å². The van der Waals surface area contributed by atoms with Gasteiger partial charge >= 0.3 is 0 Å². The van der Waals surface area contributed by atoms with Crippen LogP contribution >= 0.6 is 0 Å². The summed E-state index contributed by atoms with van der Waals surface area (Å²) in [4.78, 5) is 10.2. The van der Waals surface area contributed by atoms with Gasteiger partial charge in [0.1, 0.15) is 5.82 Å². The van der Waals surface area contributed by atoms with Crippen molar-refractivity contribution in [1.82, 2.24) is 14.9 Å². The fourth-order valence-electron chi connectivity index (χ4n) is 2.48. The molecule has 16 heavy (non-hydrogen) atoms. The number of hydrogen-bond donors (Lipinski definition) is 1. The van der Waals surface area contributed by atoms with E-state index >= 15 is 0 Å². The lowest BCUT2D eigenvalue weighted by molar-refractivity contribution is 0.331. The maximum Gasteiger partial charge on any atom is 0.104 e. The molecule has 2 aromatic rings. The summed E-state index contributed by atoms with van der Waals surface area (Å²) >= 11 is 0. The molecule has 0 spiro atoms. The van der Waals surface area contributed by atoms with Crippen LogP contribution in [0, 0.1) is 6.92 Å². The van der Waals surface area contributed by atoms with E-state index in [1.807, 2.05) is 6.92 Å².